The number of fused-ring (bicyclic) bond motifs is 8. The molecule has 0 spiro atoms. The van der Waals surface area contributed by atoms with Crippen molar-refractivity contribution in [2.45, 2.75) is 13.8 Å². The standard InChI is InChI=1S/C64H42N2.2C3H6.CH5N/c1-3-51-56-38-47(31-33-60(56)65(59(51)4-2)49-25-14-23-45(36-49)42-19-9-6-10-20-42)48-32-34-61-58(39-48)64-55-30-16-29-54-52-27-11-12-28-53(52)57(63(54)55)40-62(64)66(61)50-26-15-24-46(37-50)44-22-13-21-43(35-44)41-17-7-5-8-18-41;2*1-3-2;1-2/h3-40H,1-2H2;2*3H,1H2,2H3;2H2,1H3. The molecule has 12 aromatic rings. The third-order valence-electron chi connectivity index (χ3n) is 13.8. The van der Waals surface area contributed by atoms with Gasteiger partial charge in [0.25, 0.3) is 0 Å². The first-order valence-electron chi connectivity index (χ1n) is 25.2. The minimum Gasteiger partial charge on any atom is -0.333 e. The van der Waals surface area contributed by atoms with E-state index in [0.717, 1.165) is 44.7 Å². The highest BCUT2D eigenvalue weighted by Crippen LogP contribution is 2.51. The van der Waals surface area contributed by atoms with E-state index >= 15 is 0 Å². The Bertz CT molecular complexity index is 4060. The molecule has 10 aromatic carbocycles. The SMILES string of the molecule is C=CC.C=CC.C=Cc1c(C=C)n(-c2cccc(-c3ccccc3)c2)c2ccc(-c3ccc4c(c3)c3c5cccc6c5c(cc3n4-c3cccc(-c4cccc(-c5ccccc5)c4)c3)-c3ccccc3-6)cc12.CN. The summed E-state index contributed by atoms with van der Waals surface area (Å²) in [6.07, 6.45) is 7.44. The molecule has 358 valence electrons. The maximum absolute atomic E-state index is 4.50. The van der Waals surface area contributed by atoms with Crippen molar-refractivity contribution in [3.8, 4) is 78.1 Å². The number of nitrogens with two attached hydrogens (primary N) is 1. The second-order valence-corrected chi connectivity index (χ2v) is 18.2. The highest BCUT2D eigenvalue weighted by molar-refractivity contribution is 6.29. The van der Waals surface area contributed by atoms with E-state index in [2.05, 4.69) is 260 Å². The van der Waals surface area contributed by atoms with Gasteiger partial charge in [-0.05, 0) is 165 Å². The van der Waals surface area contributed by atoms with Gasteiger partial charge in [-0.1, -0.05) is 189 Å². The molecule has 0 fully saturated rings. The molecule has 0 saturated heterocycles. The van der Waals surface area contributed by atoms with Crippen molar-refractivity contribution in [1.29, 1.82) is 0 Å². The first-order chi connectivity index (χ1) is 36.5. The minimum absolute atomic E-state index is 1.03. The Hall–Kier alpha value is -9.28. The van der Waals surface area contributed by atoms with Crippen molar-refractivity contribution >= 4 is 55.6 Å². The van der Waals surface area contributed by atoms with Crippen LogP contribution in [0.3, 0.4) is 0 Å². The normalized spacial score (nSPS) is 10.9. The van der Waals surface area contributed by atoms with E-state index in [4.69, 9.17) is 0 Å². The topological polar surface area (TPSA) is 35.9 Å². The summed E-state index contributed by atoms with van der Waals surface area (Å²) >= 11 is 0. The van der Waals surface area contributed by atoms with Crippen LogP contribution in [0.15, 0.2) is 257 Å². The molecule has 2 heterocycles. The molecule has 0 unspecified atom stereocenters. The summed E-state index contributed by atoms with van der Waals surface area (Å²) in [6, 6.07) is 80.0. The van der Waals surface area contributed by atoms with Gasteiger partial charge in [-0.25, -0.2) is 0 Å². The molecule has 1 aliphatic rings. The van der Waals surface area contributed by atoms with E-state index in [1.54, 1.807) is 12.2 Å². The maximum atomic E-state index is 4.50. The summed E-state index contributed by atoms with van der Waals surface area (Å²) in [7, 11) is 1.50. The van der Waals surface area contributed by atoms with Crippen LogP contribution in [0.5, 0.6) is 0 Å². The Morgan fingerprint density at radius 1 is 0.324 bits per heavy atom. The van der Waals surface area contributed by atoms with Crippen molar-refractivity contribution in [3.63, 3.8) is 0 Å². The van der Waals surface area contributed by atoms with Crippen LogP contribution >= 0.6 is 0 Å². The second-order valence-electron chi connectivity index (χ2n) is 18.2. The van der Waals surface area contributed by atoms with Crippen LogP contribution in [0, 0.1) is 0 Å². The molecular formula is C71H59N3. The average molecular weight is 954 g/mol. The average Bonchev–Trinajstić information content (AvgIpc) is 4.11. The van der Waals surface area contributed by atoms with Crippen LogP contribution in [0.2, 0.25) is 0 Å². The quantitative estimate of drug-likeness (QED) is 0.151. The summed E-state index contributed by atoms with van der Waals surface area (Å²) in [5.41, 5.74) is 26.9. The van der Waals surface area contributed by atoms with Crippen LogP contribution in [-0.4, -0.2) is 16.2 Å². The second kappa shape index (κ2) is 21.2. The molecule has 0 atom stereocenters. The Kier molecular flexibility index (Phi) is 13.9. The smallest absolute Gasteiger partial charge is 0.0553 e. The highest BCUT2D eigenvalue weighted by atomic mass is 15.0. The fraction of sp³-hybridized carbons (Fsp3) is 0.0423. The number of rotatable bonds is 8. The number of hydrogen-bond acceptors (Lipinski definition) is 1. The zero-order valence-corrected chi connectivity index (χ0v) is 42.4. The first-order valence-corrected chi connectivity index (χ1v) is 25.2. The lowest BCUT2D eigenvalue weighted by Crippen LogP contribution is -1.97. The van der Waals surface area contributed by atoms with E-state index in [1.165, 1.54) is 95.3 Å². The van der Waals surface area contributed by atoms with Crippen molar-refractivity contribution in [3.05, 3.63) is 268 Å². The molecule has 3 nitrogen and oxygen atoms in total. The highest BCUT2D eigenvalue weighted by Gasteiger charge is 2.26. The Morgan fingerprint density at radius 3 is 1.34 bits per heavy atom. The van der Waals surface area contributed by atoms with Gasteiger partial charge in [-0.15, -0.1) is 13.2 Å². The molecule has 3 heteroatoms. The minimum atomic E-state index is 1.03. The van der Waals surface area contributed by atoms with Crippen LogP contribution in [0.25, 0.3) is 134 Å². The predicted octanol–water partition coefficient (Wildman–Crippen LogP) is 19.4. The van der Waals surface area contributed by atoms with Gasteiger partial charge < -0.3 is 14.9 Å². The molecule has 1 aliphatic carbocycles. The van der Waals surface area contributed by atoms with Gasteiger partial charge in [0, 0.05) is 33.1 Å². The zero-order chi connectivity index (χ0) is 51.3. The summed E-state index contributed by atoms with van der Waals surface area (Å²) in [4.78, 5) is 0. The zero-order valence-electron chi connectivity index (χ0n) is 42.4. The molecule has 74 heavy (non-hydrogen) atoms. The van der Waals surface area contributed by atoms with E-state index in [-0.39, 0.29) is 0 Å². The van der Waals surface area contributed by atoms with Gasteiger partial charge in [-0.2, -0.15) is 0 Å². The van der Waals surface area contributed by atoms with Gasteiger partial charge in [-0.3, -0.25) is 0 Å². The van der Waals surface area contributed by atoms with Crippen LogP contribution < -0.4 is 5.73 Å². The predicted molar refractivity (Wildman–Crippen MR) is 323 cm³/mol. The van der Waals surface area contributed by atoms with E-state index in [0.29, 0.717) is 0 Å². The van der Waals surface area contributed by atoms with Crippen molar-refractivity contribution in [2.24, 2.45) is 5.73 Å². The summed E-state index contributed by atoms with van der Waals surface area (Å²) < 4.78 is 4.81. The molecular weight excluding hydrogens is 895 g/mol. The number of allylic oxidation sites excluding steroid dienone is 2. The number of nitrogens with zero attached hydrogens (tertiary/aromatic N) is 2. The lowest BCUT2D eigenvalue weighted by Gasteiger charge is -2.13. The Balaban J connectivity index is 0.000000741. The van der Waals surface area contributed by atoms with Crippen LogP contribution in [0.1, 0.15) is 25.1 Å². The Morgan fingerprint density at radius 2 is 0.757 bits per heavy atom. The molecule has 2 aromatic heterocycles. The molecule has 0 aliphatic heterocycles. The number of aromatic nitrogens is 2. The van der Waals surface area contributed by atoms with Crippen LogP contribution in [-0.2, 0) is 0 Å². The molecule has 0 saturated carbocycles. The molecule has 0 amide bonds. The van der Waals surface area contributed by atoms with Crippen LogP contribution in [0.4, 0.5) is 0 Å². The van der Waals surface area contributed by atoms with Gasteiger partial charge in [0.05, 0.1) is 22.2 Å². The lowest BCUT2D eigenvalue weighted by atomic mass is 9.96. The summed E-state index contributed by atoms with van der Waals surface area (Å²) in [5.74, 6) is 0. The Labute approximate surface area is 435 Å². The summed E-state index contributed by atoms with van der Waals surface area (Å²) in [5, 5.41) is 6.24. The van der Waals surface area contributed by atoms with Gasteiger partial charge in [0.1, 0.15) is 0 Å². The molecule has 0 bridgehead atoms. The van der Waals surface area contributed by atoms with Crippen molar-refractivity contribution < 1.29 is 0 Å². The number of hydrogen-bond donors (Lipinski definition) is 1. The van der Waals surface area contributed by atoms with Gasteiger partial charge >= 0.3 is 0 Å². The lowest BCUT2D eigenvalue weighted by molar-refractivity contribution is 1.11. The fourth-order valence-electron chi connectivity index (χ4n) is 10.8. The number of benzene rings is 10. The van der Waals surface area contributed by atoms with Gasteiger partial charge in [0.2, 0.25) is 0 Å². The van der Waals surface area contributed by atoms with E-state index in [1.807, 2.05) is 26.0 Å². The monoisotopic (exact) mass is 953 g/mol. The molecule has 2 N–H and O–H groups in total. The van der Waals surface area contributed by atoms with Crippen molar-refractivity contribution in [1.82, 2.24) is 9.13 Å². The first kappa shape index (κ1) is 48.4. The third kappa shape index (κ3) is 8.49. The summed E-state index contributed by atoms with van der Waals surface area (Å²) in [6.45, 7) is 19.1. The maximum Gasteiger partial charge on any atom is 0.0553 e. The largest absolute Gasteiger partial charge is 0.333 e. The van der Waals surface area contributed by atoms with E-state index in [9.17, 15) is 0 Å². The molecule has 0 radical (unpaired) electrons. The van der Waals surface area contributed by atoms with E-state index < -0.39 is 0 Å². The third-order valence-corrected chi connectivity index (χ3v) is 13.8. The van der Waals surface area contributed by atoms with Crippen molar-refractivity contribution in [2.75, 3.05) is 7.05 Å². The molecule has 13 rings (SSSR count). The fourth-order valence-corrected chi connectivity index (χ4v) is 10.8. The van der Waals surface area contributed by atoms with Gasteiger partial charge in [0.15, 0.2) is 0 Å².